The third-order valence-corrected chi connectivity index (χ3v) is 10.5. The van der Waals surface area contributed by atoms with Crippen molar-refractivity contribution in [3.05, 3.63) is 119 Å². The zero-order valence-corrected chi connectivity index (χ0v) is 28.8. The first kappa shape index (κ1) is 33.3. The van der Waals surface area contributed by atoms with Crippen LogP contribution in [-0.2, 0) is 20.4 Å². The minimum Gasteiger partial charge on any atom is -0.388 e. The van der Waals surface area contributed by atoms with Crippen LogP contribution in [0.5, 0.6) is 11.5 Å². The van der Waals surface area contributed by atoms with Gasteiger partial charge in [0.25, 0.3) is 12.5 Å². The average molecular weight is 653 g/mol. The van der Waals surface area contributed by atoms with Gasteiger partial charge in [0.15, 0.2) is 0 Å². The van der Waals surface area contributed by atoms with Crippen LogP contribution in [-0.4, -0.2) is 17.5 Å². The summed E-state index contributed by atoms with van der Waals surface area (Å²) in [5, 5.41) is 17.7. The van der Waals surface area contributed by atoms with E-state index < -0.39 is 11.1 Å². The highest BCUT2D eigenvalue weighted by molar-refractivity contribution is 6.07. The molecular formula is C41H40N4O4. The zero-order chi connectivity index (χ0) is 35.2. The Balaban J connectivity index is 1.32. The van der Waals surface area contributed by atoms with E-state index in [-0.39, 0.29) is 22.6 Å². The molecule has 0 saturated carbocycles. The number of ether oxygens (including phenoxy) is 2. The molecule has 0 radical (unpaired) electrons. The summed E-state index contributed by atoms with van der Waals surface area (Å²) in [4.78, 5) is 31.7. The second kappa shape index (κ2) is 12.1. The number of hydrogen-bond donors (Lipinski definition) is 0. The lowest BCUT2D eigenvalue weighted by Gasteiger charge is -2.42. The molecule has 1 spiro atoms. The lowest BCUT2D eigenvalue weighted by atomic mass is 9.78. The van der Waals surface area contributed by atoms with Crippen LogP contribution >= 0.6 is 0 Å². The molecule has 0 aliphatic carbocycles. The Morgan fingerprint density at radius 3 is 1.37 bits per heavy atom. The maximum Gasteiger partial charge on any atom is 0.292 e. The number of anilines is 2. The van der Waals surface area contributed by atoms with Gasteiger partial charge in [-0.25, -0.2) is 0 Å². The molecule has 2 heterocycles. The minimum absolute atomic E-state index is 0.00262. The normalized spacial score (nSPS) is 18.8. The van der Waals surface area contributed by atoms with Crippen molar-refractivity contribution in [2.75, 3.05) is 9.80 Å². The standard InChI is InChI=1S/C41H40N4O4/c1-38(2)25-41(45(37(38)47)33-17-9-29(10-18-33)40(5,6)31-13-21-35(22-14-31)49-27-43)24-23-36(46)44(41)32-15-7-28(8-16-32)39(3,4)30-11-19-34(20-12-30)48-26-42/h7-22H,23-25H2,1-6H3. The summed E-state index contributed by atoms with van der Waals surface area (Å²) in [6.45, 7) is 12.5. The monoisotopic (exact) mass is 652 g/mol. The fourth-order valence-corrected chi connectivity index (χ4v) is 7.61. The molecule has 8 nitrogen and oxygen atoms in total. The summed E-state index contributed by atoms with van der Waals surface area (Å²) in [6, 6.07) is 31.1. The van der Waals surface area contributed by atoms with Crippen LogP contribution in [0.15, 0.2) is 97.1 Å². The van der Waals surface area contributed by atoms with Crippen molar-refractivity contribution in [2.24, 2.45) is 5.41 Å². The predicted molar refractivity (Wildman–Crippen MR) is 188 cm³/mol. The number of amides is 2. The Bertz CT molecular complexity index is 1970. The Kier molecular flexibility index (Phi) is 8.25. The number of carbonyl (C=O) groups is 2. The number of carbonyl (C=O) groups excluding carboxylic acids is 2. The number of benzene rings is 4. The maximum atomic E-state index is 14.2. The molecule has 1 atom stereocenters. The summed E-state index contributed by atoms with van der Waals surface area (Å²) in [5.74, 6) is 0.973. The number of nitriles is 2. The highest BCUT2D eigenvalue weighted by atomic mass is 16.5. The molecule has 2 saturated heterocycles. The molecule has 4 aromatic carbocycles. The van der Waals surface area contributed by atoms with E-state index in [1.54, 1.807) is 36.8 Å². The highest BCUT2D eigenvalue weighted by Gasteiger charge is 2.62. The third kappa shape index (κ3) is 5.68. The largest absolute Gasteiger partial charge is 0.388 e. The Hall–Kier alpha value is -5.60. The first-order valence-electron chi connectivity index (χ1n) is 16.5. The fraction of sp³-hybridized carbons (Fsp3) is 0.317. The van der Waals surface area contributed by atoms with Crippen LogP contribution in [0.25, 0.3) is 0 Å². The van der Waals surface area contributed by atoms with Crippen molar-refractivity contribution in [3.63, 3.8) is 0 Å². The van der Waals surface area contributed by atoms with Crippen molar-refractivity contribution < 1.29 is 19.1 Å². The SMILES string of the molecule is CC1(C)CC2(CCC(=O)N2c2ccc(C(C)(C)c3ccc(OC#N)cc3)cc2)N(c2ccc(C(C)(C)c3ccc(OC#N)cc3)cc2)C1=O. The second-order valence-corrected chi connectivity index (χ2v) is 14.7. The summed E-state index contributed by atoms with van der Waals surface area (Å²) in [7, 11) is 0. The van der Waals surface area contributed by atoms with Crippen molar-refractivity contribution in [2.45, 2.75) is 77.3 Å². The van der Waals surface area contributed by atoms with Gasteiger partial charge < -0.3 is 9.47 Å². The quantitative estimate of drug-likeness (QED) is 0.177. The molecule has 2 aliphatic heterocycles. The van der Waals surface area contributed by atoms with Gasteiger partial charge in [-0.3, -0.25) is 19.4 Å². The van der Waals surface area contributed by atoms with Crippen molar-refractivity contribution in [3.8, 4) is 24.0 Å². The molecule has 6 rings (SSSR count). The van der Waals surface area contributed by atoms with Gasteiger partial charge in [-0.05, 0) is 77.2 Å². The van der Waals surface area contributed by atoms with Gasteiger partial charge in [0, 0.05) is 40.5 Å². The van der Waals surface area contributed by atoms with Gasteiger partial charge in [0.2, 0.25) is 11.8 Å². The van der Waals surface area contributed by atoms with Crippen LogP contribution in [0.3, 0.4) is 0 Å². The molecule has 0 N–H and O–H groups in total. The molecular weight excluding hydrogens is 612 g/mol. The molecule has 2 aliphatic rings. The van der Waals surface area contributed by atoms with E-state index in [4.69, 9.17) is 20.0 Å². The van der Waals surface area contributed by atoms with Gasteiger partial charge in [-0.2, -0.15) is 0 Å². The first-order chi connectivity index (χ1) is 23.2. The highest BCUT2D eigenvalue weighted by Crippen LogP contribution is 2.53. The van der Waals surface area contributed by atoms with Gasteiger partial charge in [0.1, 0.15) is 17.2 Å². The van der Waals surface area contributed by atoms with Crippen LogP contribution in [0.1, 0.15) is 83.1 Å². The fourth-order valence-electron chi connectivity index (χ4n) is 7.61. The Labute approximate surface area is 288 Å². The van der Waals surface area contributed by atoms with E-state index in [0.717, 1.165) is 33.6 Å². The maximum absolute atomic E-state index is 14.2. The smallest absolute Gasteiger partial charge is 0.292 e. The predicted octanol–water partition coefficient (Wildman–Crippen LogP) is 8.34. The van der Waals surface area contributed by atoms with Crippen molar-refractivity contribution in [1.29, 1.82) is 10.5 Å². The van der Waals surface area contributed by atoms with E-state index in [2.05, 4.69) is 52.0 Å². The molecule has 4 aromatic rings. The van der Waals surface area contributed by atoms with Crippen molar-refractivity contribution in [1.82, 2.24) is 0 Å². The van der Waals surface area contributed by atoms with Gasteiger partial charge in [-0.1, -0.05) is 90.1 Å². The summed E-state index contributed by atoms with van der Waals surface area (Å²) in [6.07, 6.45) is 4.81. The summed E-state index contributed by atoms with van der Waals surface area (Å²) in [5.41, 5.74) is 3.56. The van der Waals surface area contributed by atoms with Crippen LogP contribution in [0.4, 0.5) is 11.4 Å². The first-order valence-corrected chi connectivity index (χ1v) is 16.5. The molecule has 49 heavy (non-hydrogen) atoms. The van der Waals surface area contributed by atoms with Gasteiger partial charge in [0.05, 0.1) is 0 Å². The Morgan fingerprint density at radius 2 is 0.980 bits per heavy atom. The number of rotatable bonds is 8. The van der Waals surface area contributed by atoms with Gasteiger partial charge >= 0.3 is 0 Å². The van der Waals surface area contributed by atoms with E-state index in [1.165, 1.54) is 0 Å². The van der Waals surface area contributed by atoms with Crippen molar-refractivity contribution >= 4 is 23.2 Å². The van der Waals surface area contributed by atoms with E-state index in [9.17, 15) is 9.59 Å². The second-order valence-electron chi connectivity index (χ2n) is 14.7. The van der Waals surface area contributed by atoms with Crippen LogP contribution < -0.4 is 19.3 Å². The third-order valence-electron chi connectivity index (χ3n) is 10.5. The summed E-state index contributed by atoms with van der Waals surface area (Å²) >= 11 is 0. The molecule has 0 bridgehead atoms. The number of nitrogens with zero attached hydrogens (tertiary/aromatic N) is 4. The molecule has 2 amide bonds. The minimum atomic E-state index is -0.834. The number of hydrogen-bond acceptors (Lipinski definition) is 6. The molecule has 0 aromatic heterocycles. The van der Waals surface area contributed by atoms with E-state index in [1.807, 2.05) is 72.2 Å². The molecule has 248 valence electrons. The van der Waals surface area contributed by atoms with Gasteiger partial charge in [-0.15, -0.1) is 10.5 Å². The topological polar surface area (TPSA) is 107 Å². The Morgan fingerprint density at radius 1 is 0.612 bits per heavy atom. The zero-order valence-electron chi connectivity index (χ0n) is 28.8. The lowest BCUT2D eigenvalue weighted by molar-refractivity contribution is -0.124. The summed E-state index contributed by atoms with van der Waals surface area (Å²) < 4.78 is 9.90. The van der Waals surface area contributed by atoms with Crippen LogP contribution in [0.2, 0.25) is 0 Å². The molecule has 2 fully saturated rings. The molecule has 8 heteroatoms. The average Bonchev–Trinajstić information content (AvgIpc) is 3.51. The van der Waals surface area contributed by atoms with E-state index in [0.29, 0.717) is 30.8 Å². The molecule has 1 unspecified atom stereocenters. The van der Waals surface area contributed by atoms with Crippen LogP contribution in [0, 0.1) is 28.4 Å². The lowest BCUT2D eigenvalue weighted by Crippen LogP contribution is -2.56. The van der Waals surface area contributed by atoms with E-state index >= 15 is 0 Å².